The molecule has 1 fully saturated rings. The third-order valence-corrected chi connectivity index (χ3v) is 3.81. The molecule has 1 aliphatic heterocycles. The Labute approximate surface area is 145 Å². The Morgan fingerprint density at radius 2 is 1.92 bits per heavy atom. The summed E-state index contributed by atoms with van der Waals surface area (Å²) in [4.78, 5) is 21.9. The van der Waals surface area contributed by atoms with Crippen molar-refractivity contribution >= 4 is 11.9 Å². The topological polar surface area (TPSA) is 94.0 Å². The number of carbonyl (C=O) groups is 1. The van der Waals surface area contributed by atoms with E-state index in [0.29, 0.717) is 43.7 Å². The molecule has 8 heteroatoms. The van der Waals surface area contributed by atoms with Gasteiger partial charge >= 0.3 is 5.97 Å². The minimum atomic E-state index is -1.08. The number of aromatic carboxylic acids is 1. The van der Waals surface area contributed by atoms with Crippen LogP contribution in [0.25, 0.3) is 0 Å². The maximum absolute atomic E-state index is 11.4. The van der Waals surface area contributed by atoms with E-state index >= 15 is 0 Å². The van der Waals surface area contributed by atoms with Gasteiger partial charge in [-0.3, -0.25) is 0 Å². The summed E-state index contributed by atoms with van der Waals surface area (Å²) in [6.45, 7) is 2.58. The second-order valence-corrected chi connectivity index (χ2v) is 5.40. The van der Waals surface area contributed by atoms with Gasteiger partial charge in [0, 0.05) is 19.3 Å². The molecule has 0 aliphatic carbocycles. The Hall–Kier alpha value is -2.87. The molecule has 1 saturated heterocycles. The molecule has 2 aromatic rings. The minimum absolute atomic E-state index is 0.0329. The van der Waals surface area contributed by atoms with Gasteiger partial charge in [0.05, 0.1) is 26.0 Å². The lowest BCUT2D eigenvalue weighted by Crippen LogP contribution is -2.37. The van der Waals surface area contributed by atoms with Crippen molar-refractivity contribution in [3.8, 4) is 11.5 Å². The van der Waals surface area contributed by atoms with E-state index in [1.54, 1.807) is 31.4 Å². The van der Waals surface area contributed by atoms with E-state index in [0.717, 1.165) is 5.75 Å². The van der Waals surface area contributed by atoms with E-state index in [1.165, 1.54) is 6.20 Å². The van der Waals surface area contributed by atoms with Crippen molar-refractivity contribution in [3.63, 3.8) is 0 Å². The summed E-state index contributed by atoms with van der Waals surface area (Å²) in [5, 5.41) is 9.35. The highest BCUT2D eigenvalue weighted by atomic mass is 16.5. The highest BCUT2D eigenvalue weighted by molar-refractivity contribution is 5.88. The van der Waals surface area contributed by atoms with Gasteiger partial charge < -0.3 is 24.2 Å². The number of rotatable bonds is 6. The van der Waals surface area contributed by atoms with Gasteiger partial charge in [-0.15, -0.1) is 0 Å². The molecule has 0 unspecified atom stereocenters. The lowest BCUT2D eigenvalue weighted by atomic mass is 10.2. The van der Waals surface area contributed by atoms with Crippen LogP contribution < -0.4 is 14.4 Å². The highest BCUT2D eigenvalue weighted by Gasteiger charge is 2.19. The van der Waals surface area contributed by atoms with Crippen molar-refractivity contribution in [2.75, 3.05) is 38.3 Å². The molecule has 0 amide bonds. The number of morpholine rings is 1. The Balaban J connectivity index is 1.77. The molecule has 0 spiro atoms. The van der Waals surface area contributed by atoms with Crippen LogP contribution in [0.1, 0.15) is 16.1 Å². The van der Waals surface area contributed by atoms with Crippen molar-refractivity contribution in [1.29, 1.82) is 0 Å². The van der Waals surface area contributed by atoms with Crippen LogP contribution in [0.4, 0.5) is 5.95 Å². The van der Waals surface area contributed by atoms with E-state index < -0.39 is 5.97 Å². The van der Waals surface area contributed by atoms with Crippen LogP contribution in [0.5, 0.6) is 11.5 Å². The summed E-state index contributed by atoms with van der Waals surface area (Å²) in [7, 11) is 1.59. The van der Waals surface area contributed by atoms with Crippen LogP contribution in [0.15, 0.2) is 30.5 Å². The van der Waals surface area contributed by atoms with Crippen LogP contribution in [-0.2, 0) is 11.3 Å². The predicted octanol–water partition coefficient (Wildman–Crippen LogP) is 1.60. The molecule has 1 N–H and O–H groups in total. The fraction of sp³-hybridized carbons (Fsp3) is 0.353. The molecule has 1 aliphatic rings. The monoisotopic (exact) mass is 345 g/mol. The largest absolute Gasteiger partial charge is 0.497 e. The van der Waals surface area contributed by atoms with Crippen molar-refractivity contribution in [2.24, 2.45) is 0 Å². The van der Waals surface area contributed by atoms with Crippen LogP contribution >= 0.6 is 0 Å². The smallest absolute Gasteiger partial charge is 0.339 e. The second-order valence-electron chi connectivity index (χ2n) is 5.40. The first-order chi connectivity index (χ1) is 12.2. The number of anilines is 1. The fourth-order valence-electron chi connectivity index (χ4n) is 2.43. The molecule has 0 radical (unpaired) electrons. The van der Waals surface area contributed by atoms with E-state index in [2.05, 4.69) is 9.97 Å². The average Bonchev–Trinajstić information content (AvgIpc) is 2.67. The van der Waals surface area contributed by atoms with E-state index in [-0.39, 0.29) is 12.2 Å². The molecule has 0 bridgehead atoms. The second kappa shape index (κ2) is 7.80. The Morgan fingerprint density at radius 3 is 2.56 bits per heavy atom. The molecule has 0 saturated carbocycles. The number of methoxy groups -OCH3 is 1. The summed E-state index contributed by atoms with van der Waals surface area (Å²) in [5.74, 6) is 0.724. The predicted molar refractivity (Wildman–Crippen MR) is 89.3 cm³/mol. The number of benzene rings is 1. The number of hydrogen-bond acceptors (Lipinski definition) is 7. The zero-order valence-corrected chi connectivity index (χ0v) is 13.8. The molecule has 1 aromatic heterocycles. The summed E-state index contributed by atoms with van der Waals surface area (Å²) in [6.07, 6.45) is 1.33. The van der Waals surface area contributed by atoms with Crippen LogP contribution in [0, 0.1) is 0 Å². The lowest BCUT2D eigenvalue weighted by Gasteiger charge is -2.27. The van der Waals surface area contributed by atoms with Crippen molar-refractivity contribution in [3.05, 3.63) is 41.7 Å². The third-order valence-electron chi connectivity index (χ3n) is 3.81. The molecule has 3 rings (SSSR count). The molecular formula is C17H19N3O5. The number of hydrogen-bond donors (Lipinski definition) is 1. The van der Waals surface area contributed by atoms with Gasteiger partial charge in [0.2, 0.25) is 5.95 Å². The summed E-state index contributed by atoms with van der Waals surface area (Å²) < 4.78 is 16.1. The Bertz CT molecular complexity index is 730. The van der Waals surface area contributed by atoms with Crippen molar-refractivity contribution in [1.82, 2.24) is 9.97 Å². The Kier molecular flexibility index (Phi) is 5.30. The molecule has 2 heterocycles. The van der Waals surface area contributed by atoms with Gasteiger partial charge in [-0.25, -0.2) is 14.8 Å². The number of carboxylic acid groups (broad SMARTS) is 1. The fourth-order valence-corrected chi connectivity index (χ4v) is 2.43. The first-order valence-corrected chi connectivity index (χ1v) is 7.86. The van der Waals surface area contributed by atoms with Crippen LogP contribution in [0.3, 0.4) is 0 Å². The van der Waals surface area contributed by atoms with Gasteiger partial charge in [0.1, 0.15) is 23.7 Å². The SMILES string of the molecule is COc1ccc(OCc2nc(N3CCOCC3)ncc2C(=O)O)cc1. The Morgan fingerprint density at radius 1 is 1.24 bits per heavy atom. The summed E-state index contributed by atoms with van der Waals surface area (Å²) in [6, 6.07) is 7.05. The molecule has 25 heavy (non-hydrogen) atoms. The number of carboxylic acids is 1. The molecular weight excluding hydrogens is 326 g/mol. The van der Waals surface area contributed by atoms with E-state index in [1.807, 2.05) is 4.90 Å². The summed E-state index contributed by atoms with van der Waals surface area (Å²) in [5.41, 5.74) is 0.366. The molecule has 1 aromatic carbocycles. The van der Waals surface area contributed by atoms with Gasteiger partial charge in [0.25, 0.3) is 0 Å². The van der Waals surface area contributed by atoms with Gasteiger partial charge in [0.15, 0.2) is 0 Å². The van der Waals surface area contributed by atoms with Crippen LogP contribution in [0.2, 0.25) is 0 Å². The molecule has 132 valence electrons. The molecule has 0 atom stereocenters. The first-order valence-electron chi connectivity index (χ1n) is 7.86. The maximum Gasteiger partial charge on any atom is 0.339 e. The first kappa shape index (κ1) is 17.0. The van der Waals surface area contributed by atoms with E-state index in [4.69, 9.17) is 14.2 Å². The summed E-state index contributed by atoms with van der Waals surface area (Å²) >= 11 is 0. The zero-order chi connectivity index (χ0) is 17.6. The maximum atomic E-state index is 11.4. The van der Waals surface area contributed by atoms with Crippen molar-refractivity contribution in [2.45, 2.75) is 6.61 Å². The number of nitrogens with zero attached hydrogens (tertiary/aromatic N) is 3. The molecule has 8 nitrogen and oxygen atoms in total. The highest BCUT2D eigenvalue weighted by Crippen LogP contribution is 2.20. The number of ether oxygens (including phenoxy) is 3. The van der Waals surface area contributed by atoms with Crippen molar-refractivity contribution < 1.29 is 24.1 Å². The lowest BCUT2D eigenvalue weighted by molar-refractivity contribution is 0.0692. The van der Waals surface area contributed by atoms with Gasteiger partial charge in [-0.05, 0) is 24.3 Å². The van der Waals surface area contributed by atoms with E-state index in [9.17, 15) is 9.90 Å². The zero-order valence-electron chi connectivity index (χ0n) is 13.8. The number of aromatic nitrogens is 2. The normalized spacial score (nSPS) is 14.2. The van der Waals surface area contributed by atoms with Crippen LogP contribution in [-0.4, -0.2) is 54.5 Å². The standard InChI is InChI=1S/C17H19N3O5/c1-23-12-2-4-13(5-3-12)25-11-15-14(16(21)22)10-18-17(19-15)20-6-8-24-9-7-20/h2-5,10H,6-9,11H2,1H3,(H,21,22). The average molecular weight is 345 g/mol. The van der Waals surface area contributed by atoms with Gasteiger partial charge in [-0.1, -0.05) is 0 Å². The minimum Gasteiger partial charge on any atom is -0.497 e. The third kappa shape index (κ3) is 4.16. The van der Waals surface area contributed by atoms with Gasteiger partial charge in [-0.2, -0.15) is 0 Å². The quantitative estimate of drug-likeness (QED) is 0.844.